The van der Waals surface area contributed by atoms with E-state index in [1.54, 1.807) is 19.6 Å². The average Bonchev–Trinajstić information content (AvgIpc) is 2.34. The molecule has 20 heavy (non-hydrogen) atoms. The molecule has 0 saturated carbocycles. The van der Waals surface area contributed by atoms with Crippen LogP contribution in [-0.2, 0) is 0 Å². The van der Waals surface area contributed by atoms with Crippen molar-refractivity contribution >= 4 is 36.6 Å². The van der Waals surface area contributed by atoms with Crippen LogP contribution in [0.4, 0.5) is 11.4 Å². The van der Waals surface area contributed by atoms with Crippen LogP contribution in [0.2, 0.25) is 19.6 Å². The van der Waals surface area contributed by atoms with E-state index in [1.165, 1.54) is 0 Å². The first-order chi connectivity index (χ1) is 9.09. The number of hydrogen-bond donors (Lipinski definition) is 1. The van der Waals surface area contributed by atoms with Gasteiger partial charge in [0.15, 0.2) is 0 Å². The molecule has 0 unspecified atom stereocenters. The SMILES string of the molecule is C[Si](C)(C)c1c(C(=O)C=N)cc([N+](=O)[O-])cc1[N+](=O)[O-]. The van der Waals surface area contributed by atoms with E-state index in [0.717, 1.165) is 12.1 Å². The molecule has 0 aliphatic carbocycles. The summed E-state index contributed by atoms with van der Waals surface area (Å²) in [6.45, 7) is 5.38. The maximum atomic E-state index is 11.8. The molecule has 0 aliphatic rings. The lowest BCUT2D eigenvalue weighted by Gasteiger charge is -2.19. The van der Waals surface area contributed by atoms with Crippen LogP contribution in [0.3, 0.4) is 0 Å². The monoisotopic (exact) mass is 295 g/mol. The number of hydrogen-bond acceptors (Lipinski definition) is 6. The zero-order valence-electron chi connectivity index (χ0n) is 11.2. The van der Waals surface area contributed by atoms with E-state index in [9.17, 15) is 25.0 Å². The zero-order valence-corrected chi connectivity index (χ0v) is 12.2. The Morgan fingerprint density at radius 2 is 1.75 bits per heavy atom. The number of nitrogens with one attached hydrogen (secondary N) is 1. The van der Waals surface area contributed by atoms with Crippen LogP contribution in [0.1, 0.15) is 10.4 Å². The molecule has 0 radical (unpaired) electrons. The van der Waals surface area contributed by atoms with Gasteiger partial charge in [-0.05, 0) is 0 Å². The highest BCUT2D eigenvalue weighted by molar-refractivity contribution is 6.90. The lowest BCUT2D eigenvalue weighted by atomic mass is 10.1. The molecule has 1 aromatic rings. The van der Waals surface area contributed by atoms with Crippen molar-refractivity contribution in [3.05, 3.63) is 37.9 Å². The van der Waals surface area contributed by atoms with Crippen molar-refractivity contribution in [2.75, 3.05) is 0 Å². The predicted octanol–water partition coefficient (Wildman–Crippen LogP) is 1.88. The third-order valence-corrected chi connectivity index (χ3v) is 4.68. The standard InChI is InChI=1S/C11H13N3O5Si/c1-20(2,3)11-8(10(15)6-12)4-7(13(16)17)5-9(11)14(18)19/h4-6,12H,1-3H3. The van der Waals surface area contributed by atoms with E-state index >= 15 is 0 Å². The Hall–Kier alpha value is -2.42. The molecule has 0 fully saturated rings. The maximum absolute atomic E-state index is 11.8. The number of non-ortho nitro benzene ring substituents is 1. The zero-order chi connectivity index (χ0) is 15.7. The molecule has 1 rings (SSSR count). The van der Waals surface area contributed by atoms with E-state index in [1.807, 2.05) is 0 Å². The molecule has 9 heteroatoms. The minimum atomic E-state index is -2.31. The van der Waals surface area contributed by atoms with Crippen LogP contribution >= 0.6 is 0 Å². The van der Waals surface area contributed by atoms with Crippen molar-refractivity contribution in [3.8, 4) is 0 Å². The first-order valence-corrected chi connectivity index (χ1v) is 9.11. The molecule has 1 aromatic carbocycles. The van der Waals surface area contributed by atoms with Gasteiger partial charge < -0.3 is 5.41 Å². The van der Waals surface area contributed by atoms with E-state index < -0.39 is 35.1 Å². The van der Waals surface area contributed by atoms with Gasteiger partial charge in [0.25, 0.3) is 11.4 Å². The van der Waals surface area contributed by atoms with Crippen LogP contribution in [0, 0.1) is 25.6 Å². The average molecular weight is 295 g/mol. The summed E-state index contributed by atoms with van der Waals surface area (Å²) >= 11 is 0. The number of benzene rings is 1. The normalized spacial score (nSPS) is 10.9. The fourth-order valence-electron chi connectivity index (χ4n) is 1.92. The Balaban J connectivity index is 3.86. The van der Waals surface area contributed by atoms with E-state index in [0.29, 0.717) is 6.21 Å². The predicted molar refractivity (Wildman–Crippen MR) is 75.8 cm³/mol. The molecule has 0 heterocycles. The molecule has 8 nitrogen and oxygen atoms in total. The molecular weight excluding hydrogens is 282 g/mol. The third kappa shape index (κ3) is 2.94. The Morgan fingerprint density at radius 3 is 2.10 bits per heavy atom. The number of Topliss-reactive ketones (excluding diaryl/α,β-unsaturated/α-hetero) is 1. The van der Waals surface area contributed by atoms with E-state index in [2.05, 4.69) is 0 Å². The van der Waals surface area contributed by atoms with Gasteiger partial charge in [0.1, 0.15) is 0 Å². The second kappa shape index (κ2) is 5.29. The summed E-state index contributed by atoms with van der Waals surface area (Å²) in [4.78, 5) is 32.2. The lowest BCUT2D eigenvalue weighted by molar-refractivity contribution is -0.393. The van der Waals surface area contributed by atoms with Crippen molar-refractivity contribution in [2.24, 2.45) is 0 Å². The van der Waals surface area contributed by atoms with Crippen LogP contribution in [-0.4, -0.2) is 29.9 Å². The molecule has 0 spiro atoms. The van der Waals surface area contributed by atoms with Crippen LogP contribution < -0.4 is 5.19 Å². The molecule has 0 saturated heterocycles. The first kappa shape index (κ1) is 15.6. The Morgan fingerprint density at radius 1 is 1.20 bits per heavy atom. The lowest BCUT2D eigenvalue weighted by Crippen LogP contribution is -2.43. The minimum absolute atomic E-state index is 0.125. The summed E-state index contributed by atoms with van der Waals surface area (Å²) in [5, 5.41) is 29.2. The molecule has 0 aromatic heterocycles. The van der Waals surface area contributed by atoms with Gasteiger partial charge in [-0.3, -0.25) is 25.0 Å². The number of nitro benzene ring substituents is 2. The molecule has 106 valence electrons. The largest absolute Gasteiger partial charge is 0.305 e. The molecule has 0 bridgehead atoms. The summed E-state index contributed by atoms with van der Waals surface area (Å²) in [7, 11) is -2.31. The van der Waals surface area contributed by atoms with Crippen LogP contribution in [0.15, 0.2) is 12.1 Å². The summed E-state index contributed by atoms with van der Waals surface area (Å²) in [5.41, 5.74) is -1.08. The smallest absolute Gasteiger partial charge is 0.277 e. The summed E-state index contributed by atoms with van der Waals surface area (Å²) in [6.07, 6.45) is 0.506. The molecule has 0 aliphatic heterocycles. The highest BCUT2D eigenvalue weighted by Crippen LogP contribution is 2.24. The number of carbonyl (C=O) groups is 1. The maximum Gasteiger partial charge on any atom is 0.277 e. The van der Waals surface area contributed by atoms with Gasteiger partial charge in [-0.1, -0.05) is 19.6 Å². The van der Waals surface area contributed by atoms with Crippen molar-refractivity contribution in [1.29, 1.82) is 5.41 Å². The fraction of sp³-hybridized carbons (Fsp3) is 0.273. The topological polar surface area (TPSA) is 127 Å². The Labute approximate surface area is 115 Å². The van der Waals surface area contributed by atoms with Gasteiger partial charge in [-0.15, -0.1) is 0 Å². The van der Waals surface area contributed by atoms with Crippen molar-refractivity contribution in [1.82, 2.24) is 0 Å². The van der Waals surface area contributed by atoms with E-state index in [-0.39, 0.29) is 10.8 Å². The van der Waals surface area contributed by atoms with Crippen molar-refractivity contribution in [2.45, 2.75) is 19.6 Å². The van der Waals surface area contributed by atoms with Gasteiger partial charge in [0, 0.05) is 16.8 Å². The van der Waals surface area contributed by atoms with Gasteiger partial charge in [0.05, 0.1) is 30.2 Å². The second-order valence-corrected chi connectivity index (χ2v) is 10.2. The van der Waals surface area contributed by atoms with Crippen LogP contribution in [0.25, 0.3) is 0 Å². The highest BCUT2D eigenvalue weighted by Gasteiger charge is 2.34. The third-order valence-electron chi connectivity index (χ3n) is 2.66. The van der Waals surface area contributed by atoms with E-state index in [4.69, 9.17) is 5.41 Å². The van der Waals surface area contributed by atoms with Crippen molar-refractivity contribution < 1.29 is 14.6 Å². The number of nitro groups is 2. The van der Waals surface area contributed by atoms with Gasteiger partial charge in [-0.25, -0.2) is 0 Å². The molecule has 1 N–H and O–H groups in total. The number of carbonyl (C=O) groups excluding carboxylic acids is 1. The minimum Gasteiger partial charge on any atom is -0.305 e. The number of nitrogens with zero attached hydrogens (tertiary/aromatic N) is 2. The van der Waals surface area contributed by atoms with Crippen molar-refractivity contribution in [3.63, 3.8) is 0 Å². The van der Waals surface area contributed by atoms with Gasteiger partial charge in [-0.2, -0.15) is 0 Å². The quantitative estimate of drug-likeness (QED) is 0.291. The molecule has 0 atom stereocenters. The van der Waals surface area contributed by atoms with Gasteiger partial charge >= 0.3 is 0 Å². The number of ketones is 1. The Bertz CT molecular complexity index is 621. The molecular formula is C11H13N3O5Si. The summed E-state index contributed by atoms with van der Waals surface area (Å²) in [6, 6.07) is 1.88. The molecule has 0 amide bonds. The van der Waals surface area contributed by atoms with Gasteiger partial charge in [0.2, 0.25) is 5.78 Å². The number of rotatable bonds is 5. The Kier molecular flexibility index (Phi) is 4.13. The highest BCUT2D eigenvalue weighted by atomic mass is 28.3. The fourth-order valence-corrected chi connectivity index (χ4v) is 3.86. The summed E-state index contributed by atoms with van der Waals surface area (Å²) in [5.74, 6) is -0.769. The second-order valence-electron chi connectivity index (χ2n) is 5.16. The first-order valence-electron chi connectivity index (χ1n) is 5.61. The summed E-state index contributed by atoms with van der Waals surface area (Å²) < 4.78 is 0. The van der Waals surface area contributed by atoms with Crippen LogP contribution in [0.5, 0.6) is 0 Å².